The molecule has 2 aromatic rings. The van der Waals surface area contributed by atoms with Gasteiger partial charge in [-0.15, -0.1) is 0 Å². The van der Waals surface area contributed by atoms with E-state index in [1.165, 1.54) is 42.7 Å². The lowest BCUT2D eigenvalue weighted by Crippen LogP contribution is -2.13. The molecule has 1 fully saturated rings. The van der Waals surface area contributed by atoms with Crippen molar-refractivity contribution in [1.29, 1.82) is 0 Å². The average Bonchev–Trinajstić information content (AvgIpc) is 3.28. The molecular formula is C27H29O2P. The minimum absolute atomic E-state index is 0.0163. The van der Waals surface area contributed by atoms with Crippen LogP contribution < -0.4 is 10.6 Å². The van der Waals surface area contributed by atoms with E-state index in [1.54, 1.807) is 0 Å². The van der Waals surface area contributed by atoms with E-state index in [9.17, 15) is 5.11 Å². The average molecular weight is 417 g/mol. The zero-order chi connectivity index (χ0) is 20.6. The number of hydrogen-bond donors (Lipinski definition) is 1. The fourth-order valence-electron chi connectivity index (χ4n) is 4.15. The summed E-state index contributed by atoms with van der Waals surface area (Å²) in [5, 5.41) is 14.4. The van der Waals surface area contributed by atoms with Gasteiger partial charge in [-0.3, -0.25) is 0 Å². The Labute approximate surface area is 181 Å². The molecule has 0 spiro atoms. The van der Waals surface area contributed by atoms with Gasteiger partial charge in [-0.05, 0) is 48.7 Å². The standard InChI is InChI=1S/C27H29O2P/c28-27(29-21-11-14-22-12-4-1-5-13-22)25-19-10-20-26(25)30(23-15-6-2-7-16-23)24-17-8-3-9-18-24/h2-3,6-11,14-20,22,28H,1,4-5,12-13,21H2/b14-11+,27-25+. The molecule has 0 atom stereocenters. The number of allylic oxidation sites excluding steroid dienone is 6. The van der Waals surface area contributed by atoms with Crippen LogP contribution in [0.1, 0.15) is 32.1 Å². The summed E-state index contributed by atoms with van der Waals surface area (Å²) < 4.78 is 5.74. The summed E-state index contributed by atoms with van der Waals surface area (Å²) in [6.07, 6.45) is 17.0. The van der Waals surface area contributed by atoms with Gasteiger partial charge >= 0.3 is 0 Å². The van der Waals surface area contributed by atoms with Crippen molar-refractivity contribution >= 4 is 18.5 Å². The van der Waals surface area contributed by atoms with E-state index >= 15 is 0 Å². The molecule has 4 rings (SSSR count). The molecule has 0 aliphatic heterocycles. The van der Waals surface area contributed by atoms with Crippen molar-refractivity contribution in [2.24, 2.45) is 5.92 Å². The fraction of sp³-hybridized carbons (Fsp3) is 0.259. The van der Waals surface area contributed by atoms with Gasteiger partial charge < -0.3 is 9.84 Å². The van der Waals surface area contributed by atoms with Crippen LogP contribution in [0.5, 0.6) is 0 Å². The highest BCUT2D eigenvalue weighted by molar-refractivity contribution is 7.77. The van der Waals surface area contributed by atoms with Crippen LogP contribution in [0.4, 0.5) is 0 Å². The maximum Gasteiger partial charge on any atom is 0.285 e. The van der Waals surface area contributed by atoms with Crippen LogP contribution in [0.25, 0.3) is 0 Å². The number of aliphatic hydroxyl groups excluding tert-OH is 1. The summed E-state index contributed by atoms with van der Waals surface area (Å²) in [5.74, 6) is 0.686. The number of aliphatic hydroxyl groups is 1. The second-order valence-corrected chi connectivity index (χ2v) is 9.96. The zero-order valence-corrected chi connectivity index (χ0v) is 18.2. The van der Waals surface area contributed by atoms with Gasteiger partial charge in [-0.2, -0.15) is 0 Å². The smallest absolute Gasteiger partial charge is 0.285 e. The first-order valence-electron chi connectivity index (χ1n) is 10.8. The van der Waals surface area contributed by atoms with Gasteiger partial charge in [0, 0.05) is 0 Å². The van der Waals surface area contributed by atoms with Crippen molar-refractivity contribution in [3.8, 4) is 0 Å². The Balaban J connectivity index is 1.52. The third-order valence-corrected chi connectivity index (χ3v) is 8.17. The third-order valence-electron chi connectivity index (χ3n) is 5.67. The summed E-state index contributed by atoms with van der Waals surface area (Å²) in [6.45, 7) is 0.404. The van der Waals surface area contributed by atoms with Crippen molar-refractivity contribution in [2.75, 3.05) is 6.61 Å². The first-order chi connectivity index (χ1) is 14.8. The molecule has 2 aliphatic carbocycles. The van der Waals surface area contributed by atoms with Gasteiger partial charge in [-0.1, -0.05) is 104 Å². The molecule has 3 heteroatoms. The Morgan fingerprint density at radius 3 is 2.20 bits per heavy atom. The molecule has 0 aromatic heterocycles. The van der Waals surface area contributed by atoms with Crippen LogP contribution >= 0.6 is 7.92 Å². The predicted molar refractivity (Wildman–Crippen MR) is 128 cm³/mol. The molecule has 2 aromatic carbocycles. The molecule has 1 N–H and O–H groups in total. The third kappa shape index (κ3) is 5.12. The highest BCUT2D eigenvalue weighted by atomic mass is 31.1. The molecular weight excluding hydrogens is 387 g/mol. The molecule has 154 valence electrons. The number of benzene rings is 2. The Kier molecular flexibility index (Phi) is 7.21. The molecule has 0 heterocycles. The molecule has 2 nitrogen and oxygen atoms in total. The normalized spacial score (nSPS) is 18.8. The van der Waals surface area contributed by atoms with Crippen molar-refractivity contribution in [2.45, 2.75) is 32.1 Å². The lowest BCUT2D eigenvalue weighted by molar-refractivity contribution is 0.110. The summed E-state index contributed by atoms with van der Waals surface area (Å²) in [5.41, 5.74) is 0.792. The first-order valence-corrected chi connectivity index (χ1v) is 12.2. The summed E-state index contributed by atoms with van der Waals surface area (Å²) >= 11 is 0. The molecule has 0 bridgehead atoms. The molecule has 30 heavy (non-hydrogen) atoms. The van der Waals surface area contributed by atoms with Crippen LogP contribution in [-0.2, 0) is 4.74 Å². The van der Waals surface area contributed by atoms with Crippen LogP contribution in [0.3, 0.4) is 0 Å². The topological polar surface area (TPSA) is 29.5 Å². The Hall–Kier alpha value is -2.57. The van der Waals surface area contributed by atoms with Gasteiger partial charge in [0.25, 0.3) is 5.95 Å². The van der Waals surface area contributed by atoms with Crippen LogP contribution in [0.2, 0.25) is 0 Å². The van der Waals surface area contributed by atoms with E-state index in [2.05, 4.69) is 66.8 Å². The zero-order valence-electron chi connectivity index (χ0n) is 17.3. The second kappa shape index (κ2) is 10.5. The second-order valence-electron chi connectivity index (χ2n) is 7.77. The lowest BCUT2D eigenvalue weighted by atomic mass is 9.89. The minimum atomic E-state index is -0.770. The predicted octanol–water partition coefficient (Wildman–Crippen LogP) is 6.50. The van der Waals surface area contributed by atoms with Gasteiger partial charge in [0.2, 0.25) is 0 Å². The maximum atomic E-state index is 10.7. The number of rotatable bonds is 7. The lowest BCUT2D eigenvalue weighted by Gasteiger charge is -2.22. The number of ether oxygens (including phenoxy) is 1. The van der Waals surface area contributed by atoms with Gasteiger partial charge in [0.15, 0.2) is 0 Å². The molecule has 0 radical (unpaired) electrons. The van der Waals surface area contributed by atoms with E-state index in [1.807, 2.05) is 24.3 Å². The monoisotopic (exact) mass is 416 g/mol. The quantitative estimate of drug-likeness (QED) is 0.317. The minimum Gasteiger partial charge on any atom is -0.481 e. The van der Waals surface area contributed by atoms with Gasteiger partial charge in [0.1, 0.15) is 6.61 Å². The molecule has 1 saturated carbocycles. The van der Waals surface area contributed by atoms with Crippen molar-refractivity contribution < 1.29 is 9.84 Å². The summed E-state index contributed by atoms with van der Waals surface area (Å²) in [4.78, 5) is 0. The van der Waals surface area contributed by atoms with Crippen LogP contribution in [0, 0.1) is 5.92 Å². The van der Waals surface area contributed by atoms with E-state index < -0.39 is 7.92 Å². The van der Waals surface area contributed by atoms with Crippen LogP contribution in [-0.4, -0.2) is 11.7 Å². The highest BCUT2D eigenvalue weighted by Crippen LogP contribution is 2.49. The highest BCUT2D eigenvalue weighted by Gasteiger charge is 2.25. The Bertz CT molecular complexity index is 896. The van der Waals surface area contributed by atoms with Crippen molar-refractivity contribution in [1.82, 2.24) is 0 Å². The molecule has 0 amide bonds. The maximum absolute atomic E-state index is 10.7. The molecule has 0 saturated heterocycles. The Morgan fingerprint density at radius 2 is 1.57 bits per heavy atom. The van der Waals surface area contributed by atoms with E-state index in [0.717, 1.165) is 10.9 Å². The van der Waals surface area contributed by atoms with E-state index in [-0.39, 0.29) is 5.95 Å². The largest absolute Gasteiger partial charge is 0.481 e. The number of hydrogen-bond acceptors (Lipinski definition) is 2. The van der Waals surface area contributed by atoms with E-state index in [0.29, 0.717) is 12.5 Å². The Morgan fingerprint density at radius 1 is 0.933 bits per heavy atom. The van der Waals surface area contributed by atoms with E-state index in [4.69, 9.17) is 4.74 Å². The molecule has 2 aliphatic rings. The van der Waals surface area contributed by atoms with Crippen LogP contribution in [0.15, 0.2) is 108 Å². The SMILES string of the molecule is O/C(OC/C=C/C1CCCCC1)=C1/C=CC=C1P(c1ccccc1)c1ccccc1. The summed E-state index contributed by atoms with van der Waals surface area (Å²) in [6, 6.07) is 21.1. The van der Waals surface area contributed by atoms with Crippen molar-refractivity contribution in [3.63, 3.8) is 0 Å². The van der Waals surface area contributed by atoms with Crippen molar-refractivity contribution in [3.05, 3.63) is 108 Å². The molecule has 0 unspecified atom stereocenters. The van der Waals surface area contributed by atoms with Gasteiger partial charge in [-0.25, -0.2) is 0 Å². The summed E-state index contributed by atoms with van der Waals surface area (Å²) in [7, 11) is -0.770. The fourth-order valence-corrected chi connectivity index (χ4v) is 6.59. The van der Waals surface area contributed by atoms with Gasteiger partial charge in [0.05, 0.1) is 5.57 Å². The first kappa shape index (κ1) is 20.7.